The highest BCUT2D eigenvalue weighted by Gasteiger charge is 2.41. The molecule has 32 heavy (non-hydrogen) atoms. The number of thioether (sulfide) groups is 1. The van der Waals surface area contributed by atoms with Crippen LogP contribution in [0.1, 0.15) is 45.2 Å². The first-order chi connectivity index (χ1) is 15.3. The zero-order chi connectivity index (χ0) is 23.4. The van der Waals surface area contributed by atoms with E-state index in [1.54, 1.807) is 27.2 Å². The second-order valence-electron chi connectivity index (χ2n) is 7.58. The van der Waals surface area contributed by atoms with Gasteiger partial charge in [0, 0.05) is 17.8 Å². The number of rotatable bonds is 8. The topological polar surface area (TPSA) is 89.5 Å². The SMILES string of the molecule is CC[C@@H](C)NC(=O)CC1=CSC2=NC(C)=C(C(=O)OC)[C@@H](c3cc(OC)cc(OC)c3)N12. The van der Waals surface area contributed by atoms with Crippen LogP contribution in [0.15, 0.2) is 45.6 Å². The highest BCUT2D eigenvalue weighted by molar-refractivity contribution is 8.16. The number of methoxy groups -OCH3 is 3. The minimum Gasteiger partial charge on any atom is -0.497 e. The predicted molar refractivity (Wildman–Crippen MR) is 124 cm³/mol. The third kappa shape index (κ3) is 4.77. The smallest absolute Gasteiger partial charge is 0.338 e. The summed E-state index contributed by atoms with van der Waals surface area (Å²) in [6.45, 7) is 5.78. The van der Waals surface area contributed by atoms with E-state index in [2.05, 4.69) is 10.3 Å². The van der Waals surface area contributed by atoms with Gasteiger partial charge in [0.1, 0.15) is 11.5 Å². The van der Waals surface area contributed by atoms with E-state index in [0.29, 0.717) is 27.9 Å². The molecule has 172 valence electrons. The van der Waals surface area contributed by atoms with Gasteiger partial charge in [0.2, 0.25) is 5.91 Å². The van der Waals surface area contributed by atoms with Gasteiger partial charge in [-0.3, -0.25) is 4.79 Å². The first-order valence-electron chi connectivity index (χ1n) is 10.4. The molecule has 0 radical (unpaired) electrons. The maximum absolute atomic E-state index is 12.8. The van der Waals surface area contributed by atoms with Crippen LogP contribution in [0.4, 0.5) is 0 Å². The molecule has 0 saturated carbocycles. The van der Waals surface area contributed by atoms with Gasteiger partial charge in [0.25, 0.3) is 0 Å². The van der Waals surface area contributed by atoms with Crippen LogP contribution >= 0.6 is 11.8 Å². The summed E-state index contributed by atoms with van der Waals surface area (Å²) in [4.78, 5) is 32.0. The summed E-state index contributed by atoms with van der Waals surface area (Å²) in [5.74, 6) is 0.632. The average Bonchev–Trinajstić information content (AvgIpc) is 3.18. The molecule has 0 unspecified atom stereocenters. The van der Waals surface area contributed by atoms with E-state index in [1.807, 2.05) is 36.3 Å². The molecular formula is C23H29N3O5S. The van der Waals surface area contributed by atoms with Gasteiger partial charge in [-0.2, -0.15) is 0 Å². The van der Waals surface area contributed by atoms with E-state index in [4.69, 9.17) is 14.2 Å². The minimum absolute atomic E-state index is 0.0814. The van der Waals surface area contributed by atoms with Crippen molar-refractivity contribution in [3.63, 3.8) is 0 Å². The van der Waals surface area contributed by atoms with Gasteiger partial charge < -0.3 is 24.4 Å². The Hall–Kier alpha value is -2.94. The largest absolute Gasteiger partial charge is 0.497 e. The van der Waals surface area contributed by atoms with Crippen molar-refractivity contribution < 1.29 is 23.8 Å². The molecule has 0 bridgehead atoms. The summed E-state index contributed by atoms with van der Waals surface area (Å²) >= 11 is 1.43. The van der Waals surface area contributed by atoms with E-state index in [1.165, 1.54) is 18.9 Å². The van der Waals surface area contributed by atoms with Crippen molar-refractivity contribution >= 4 is 28.8 Å². The zero-order valence-electron chi connectivity index (χ0n) is 19.2. The molecule has 0 saturated heterocycles. The normalized spacial score (nSPS) is 18.4. The molecule has 2 aliphatic heterocycles. The van der Waals surface area contributed by atoms with Crippen LogP contribution in [-0.2, 0) is 14.3 Å². The number of allylic oxidation sites excluding steroid dienone is 1. The molecule has 0 aliphatic carbocycles. The van der Waals surface area contributed by atoms with Gasteiger partial charge >= 0.3 is 5.97 Å². The molecule has 0 fully saturated rings. The van der Waals surface area contributed by atoms with Gasteiger partial charge in [-0.1, -0.05) is 18.7 Å². The Labute approximate surface area is 192 Å². The predicted octanol–water partition coefficient (Wildman–Crippen LogP) is 3.76. The summed E-state index contributed by atoms with van der Waals surface area (Å²) in [6.07, 6.45) is 1.01. The molecule has 1 aromatic rings. The minimum atomic E-state index is -0.545. The third-order valence-corrected chi connectivity index (χ3v) is 6.35. The van der Waals surface area contributed by atoms with Crippen LogP contribution in [0.2, 0.25) is 0 Å². The van der Waals surface area contributed by atoms with Gasteiger partial charge in [0.15, 0.2) is 5.17 Å². The fourth-order valence-electron chi connectivity index (χ4n) is 3.64. The quantitative estimate of drug-likeness (QED) is 0.592. The van der Waals surface area contributed by atoms with E-state index in [9.17, 15) is 9.59 Å². The van der Waals surface area contributed by atoms with Crippen LogP contribution in [0.3, 0.4) is 0 Å². The standard InChI is InChI=1S/C23H29N3O5S/c1-7-13(2)24-19(27)10-16-12-32-23-25-14(3)20(22(28)31-6)21(26(16)23)15-8-17(29-4)11-18(9-15)30-5/h8-9,11-13,21H,7,10H2,1-6H3,(H,24,27)/t13-,21-/m1/s1. The van der Waals surface area contributed by atoms with Gasteiger partial charge in [0.05, 0.1) is 45.1 Å². The van der Waals surface area contributed by atoms with Crippen molar-refractivity contribution in [2.75, 3.05) is 21.3 Å². The molecule has 2 atom stereocenters. The Bertz CT molecular complexity index is 979. The number of fused-ring (bicyclic) bond motifs is 1. The Morgan fingerprint density at radius 3 is 2.41 bits per heavy atom. The van der Waals surface area contributed by atoms with Gasteiger partial charge in [-0.15, -0.1) is 0 Å². The summed E-state index contributed by atoms with van der Waals surface area (Å²) < 4.78 is 16.0. The van der Waals surface area contributed by atoms with Crippen LogP contribution < -0.4 is 14.8 Å². The average molecular weight is 460 g/mol. The number of hydrogen-bond donors (Lipinski definition) is 1. The summed E-state index contributed by atoms with van der Waals surface area (Å²) in [5, 5.41) is 5.61. The molecule has 2 heterocycles. The van der Waals surface area contributed by atoms with Crippen molar-refractivity contribution in [1.29, 1.82) is 0 Å². The lowest BCUT2D eigenvalue weighted by molar-refractivity contribution is -0.136. The maximum Gasteiger partial charge on any atom is 0.338 e. The number of benzene rings is 1. The molecule has 0 spiro atoms. The van der Waals surface area contributed by atoms with Crippen LogP contribution in [0.25, 0.3) is 0 Å². The summed E-state index contributed by atoms with van der Waals surface area (Å²) in [6, 6.07) is 5.01. The number of ether oxygens (including phenoxy) is 3. The number of esters is 1. The summed E-state index contributed by atoms with van der Waals surface area (Å²) in [5.41, 5.74) is 2.50. The Balaban J connectivity index is 2.07. The Kier molecular flexibility index (Phi) is 7.50. The fourth-order valence-corrected chi connectivity index (χ4v) is 4.60. The Morgan fingerprint density at radius 1 is 1.19 bits per heavy atom. The molecule has 1 aromatic carbocycles. The number of carbonyl (C=O) groups excluding carboxylic acids is 2. The number of aliphatic imine (C=N–C) groups is 1. The first kappa shape index (κ1) is 23.7. The molecule has 2 aliphatic rings. The lowest BCUT2D eigenvalue weighted by atomic mass is 9.93. The number of carbonyl (C=O) groups is 2. The van der Waals surface area contributed by atoms with E-state index < -0.39 is 12.0 Å². The van der Waals surface area contributed by atoms with E-state index >= 15 is 0 Å². The lowest BCUT2D eigenvalue weighted by Gasteiger charge is -2.36. The fraction of sp³-hybridized carbons (Fsp3) is 0.435. The summed E-state index contributed by atoms with van der Waals surface area (Å²) in [7, 11) is 4.50. The van der Waals surface area contributed by atoms with Crippen LogP contribution in [-0.4, -0.2) is 49.3 Å². The van der Waals surface area contributed by atoms with Crippen LogP contribution in [0, 0.1) is 0 Å². The lowest BCUT2D eigenvalue weighted by Crippen LogP contribution is -2.39. The number of nitrogens with zero attached hydrogens (tertiary/aromatic N) is 2. The third-order valence-electron chi connectivity index (χ3n) is 5.46. The second-order valence-corrected chi connectivity index (χ2v) is 8.42. The molecule has 8 nitrogen and oxygen atoms in total. The van der Waals surface area contributed by atoms with Crippen molar-refractivity contribution in [3.05, 3.63) is 46.1 Å². The number of nitrogens with one attached hydrogen (secondary N) is 1. The highest BCUT2D eigenvalue weighted by Crippen LogP contribution is 2.46. The van der Waals surface area contributed by atoms with Crippen molar-refractivity contribution in [1.82, 2.24) is 10.2 Å². The number of hydrogen-bond acceptors (Lipinski definition) is 8. The monoisotopic (exact) mass is 459 g/mol. The van der Waals surface area contributed by atoms with Gasteiger partial charge in [-0.25, -0.2) is 9.79 Å². The van der Waals surface area contributed by atoms with Crippen LogP contribution in [0.5, 0.6) is 11.5 Å². The second kappa shape index (κ2) is 10.1. The maximum atomic E-state index is 12.8. The van der Waals surface area contributed by atoms with Crippen molar-refractivity contribution in [2.24, 2.45) is 4.99 Å². The Morgan fingerprint density at radius 2 is 1.84 bits per heavy atom. The highest BCUT2D eigenvalue weighted by atomic mass is 32.2. The molecule has 9 heteroatoms. The molecular weight excluding hydrogens is 430 g/mol. The number of amides is 1. The van der Waals surface area contributed by atoms with E-state index in [0.717, 1.165) is 17.7 Å². The molecule has 1 amide bonds. The first-order valence-corrected chi connectivity index (χ1v) is 11.3. The number of amidine groups is 1. The van der Waals surface area contributed by atoms with Crippen molar-refractivity contribution in [3.8, 4) is 11.5 Å². The molecule has 3 rings (SSSR count). The zero-order valence-corrected chi connectivity index (χ0v) is 20.0. The van der Waals surface area contributed by atoms with Crippen molar-refractivity contribution in [2.45, 2.75) is 45.7 Å². The molecule has 0 aromatic heterocycles. The van der Waals surface area contributed by atoms with E-state index in [-0.39, 0.29) is 18.4 Å². The molecule has 1 N–H and O–H groups in total. The van der Waals surface area contributed by atoms with Gasteiger partial charge in [-0.05, 0) is 43.4 Å².